The van der Waals surface area contributed by atoms with E-state index >= 15 is 0 Å². The van der Waals surface area contributed by atoms with E-state index in [0.717, 1.165) is 0 Å². The zero-order valence-corrected chi connectivity index (χ0v) is 5.18. The van der Waals surface area contributed by atoms with E-state index in [4.69, 9.17) is 0 Å². The molecule has 0 spiro atoms. The average Bonchev–Trinajstić information content (AvgIpc) is 0.811. The topological polar surface area (TPSA) is 81.3 Å². The second-order valence-corrected chi connectivity index (χ2v) is 0.447. The molecule has 0 aliphatic heterocycles. The molecule has 6 N–H and O–H groups in total. The van der Waals surface area contributed by atoms with E-state index in [1.54, 1.807) is 0 Å². The summed E-state index contributed by atoms with van der Waals surface area (Å²) in [6.45, 7) is 0. The van der Waals surface area contributed by atoms with Crippen LogP contribution in [0.2, 0.25) is 0 Å². The van der Waals surface area contributed by atoms with Crippen molar-refractivity contribution in [2.75, 3.05) is 0 Å². The Bertz CT molecular complexity index is 20.5. The molecular formula is H9Li3N4. The van der Waals surface area contributed by atoms with E-state index in [9.17, 15) is 0 Å². The van der Waals surface area contributed by atoms with Crippen LogP contribution >= 0.6 is 0 Å². The van der Waals surface area contributed by atoms with E-state index in [0.29, 0.717) is 5.23 Å². The standard InChI is InChI=1S/3Li.H6N4.3H/c;;;1-4(2)3;;;/h;;;1-3H2;;;/q3*+1;;3*-1. The van der Waals surface area contributed by atoms with Gasteiger partial charge in [-0.1, -0.05) is 0 Å². The number of nitrogens with zero attached hydrogens (tertiary/aromatic N) is 1. The van der Waals surface area contributed by atoms with Gasteiger partial charge in [0.25, 0.3) is 0 Å². The minimum atomic E-state index is 0. The van der Waals surface area contributed by atoms with Crippen molar-refractivity contribution < 1.29 is 60.9 Å². The van der Waals surface area contributed by atoms with Crippen molar-refractivity contribution in [2.45, 2.75) is 0 Å². The fraction of sp³-hybridized carbons (Fsp3) is 0. The van der Waals surface area contributed by atoms with Crippen LogP contribution in [-0.2, 0) is 0 Å². The minimum absolute atomic E-state index is 0. The molecule has 0 aromatic rings. The van der Waals surface area contributed by atoms with Crippen molar-refractivity contribution in [3.8, 4) is 0 Å². The normalized spacial score (nSPS) is 5.14. The second-order valence-electron chi connectivity index (χ2n) is 0.447. The molecule has 0 aromatic heterocycles. The van der Waals surface area contributed by atoms with Crippen molar-refractivity contribution in [1.29, 1.82) is 0 Å². The largest absolute Gasteiger partial charge is 1.00 e. The van der Waals surface area contributed by atoms with Gasteiger partial charge in [-0.2, -0.15) is 0 Å². The quantitative estimate of drug-likeness (QED) is 0.155. The number of hydrogen-bond donors (Lipinski definition) is 3. The molecule has 0 aliphatic rings. The molecular weight excluding hydrogens is 76.9 g/mol. The summed E-state index contributed by atoms with van der Waals surface area (Å²) in [7, 11) is 0. The van der Waals surface area contributed by atoms with Gasteiger partial charge in [0.1, 0.15) is 0 Å². The fourth-order valence-electron chi connectivity index (χ4n) is 0. The molecule has 0 aliphatic carbocycles. The first-order chi connectivity index (χ1) is 1.73. The second kappa shape index (κ2) is 15.6. The van der Waals surface area contributed by atoms with Gasteiger partial charge in [0.15, 0.2) is 0 Å². The Morgan fingerprint density at radius 1 is 0.857 bits per heavy atom. The van der Waals surface area contributed by atoms with Gasteiger partial charge in [0.05, 0.1) is 0 Å². The van der Waals surface area contributed by atoms with Crippen molar-refractivity contribution >= 4 is 0 Å². The molecule has 7 heavy (non-hydrogen) atoms. The molecule has 0 rings (SSSR count). The SMILES string of the molecule is NN(N)N.[H-].[H-].[H-].[Li+].[Li+].[Li+]. The van der Waals surface area contributed by atoms with Crippen molar-refractivity contribution in [3.63, 3.8) is 0 Å². The van der Waals surface area contributed by atoms with Crippen LogP contribution in [-0.4, -0.2) is 5.23 Å². The zero-order valence-electron chi connectivity index (χ0n) is 8.18. The van der Waals surface area contributed by atoms with Crippen LogP contribution in [0.1, 0.15) is 4.28 Å². The summed E-state index contributed by atoms with van der Waals surface area (Å²) in [5, 5.41) is 0.500. The summed E-state index contributed by atoms with van der Waals surface area (Å²) in [5.74, 6) is 13.5. The summed E-state index contributed by atoms with van der Waals surface area (Å²) >= 11 is 0. The molecule has 32 valence electrons. The van der Waals surface area contributed by atoms with Crippen LogP contribution in [0.25, 0.3) is 0 Å². The van der Waals surface area contributed by atoms with Crippen LogP contribution in [0.3, 0.4) is 0 Å². The fourth-order valence-corrected chi connectivity index (χ4v) is 0. The van der Waals surface area contributed by atoms with E-state index in [2.05, 4.69) is 17.5 Å². The van der Waals surface area contributed by atoms with Crippen LogP contribution in [0, 0.1) is 0 Å². The van der Waals surface area contributed by atoms with Gasteiger partial charge in [-0.3, -0.25) is 0 Å². The number of rotatable bonds is 0. The molecule has 4 nitrogen and oxygen atoms in total. The third kappa shape index (κ3) is 90.9. The van der Waals surface area contributed by atoms with Gasteiger partial charge in [-0.15, -0.1) is 5.23 Å². The minimum Gasteiger partial charge on any atom is -1.00 e. The summed E-state index contributed by atoms with van der Waals surface area (Å²) in [4.78, 5) is 0. The van der Waals surface area contributed by atoms with Gasteiger partial charge in [-0.05, 0) is 0 Å². The molecule has 0 heterocycles. The van der Waals surface area contributed by atoms with Crippen LogP contribution < -0.4 is 74.1 Å². The van der Waals surface area contributed by atoms with Gasteiger partial charge in [0, 0.05) is 0 Å². The molecule has 0 aromatic carbocycles. The summed E-state index contributed by atoms with van der Waals surface area (Å²) in [6, 6.07) is 0. The van der Waals surface area contributed by atoms with Crippen LogP contribution in [0.15, 0.2) is 0 Å². The number of nitrogens with two attached hydrogens (primary N) is 3. The third-order valence-electron chi connectivity index (χ3n) is 0. The Morgan fingerprint density at radius 2 is 0.857 bits per heavy atom. The molecule has 0 fully saturated rings. The summed E-state index contributed by atoms with van der Waals surface area (Å²) in [6.07, 6.45) is 0. The first-order valence-corrected chi connectivity index (χ1v) is 0.775. The average molecular weight is 85.9 g/mol. The zero-order chi connectivity index (χ0) is 3.58. The first-order valence-electron chi connectivity index (χ1n) is 0.775. The molecule has 7 heteroatoms. The van der Waals surface area contributed by atoms with Gasteiger partial charge in [-0.25, -0.2) is 17.5 Å². The molecule has 0 atom stereocenters. The Hall–Kier alpha value is 1.63. The maximum Gasteiger partial charge on any atom is 1.00 e. The Labute approximate surface area is 83.4 Å². The van der Waals surface area contributed by atoms with Gasteiger partial charge < -0.3 is 4.28 Å². The van der Waals surface area contributed by atoms with Crippen LogP contribution in [0.4, 0.5) is 0 Å². The monoisotopic (exact) mass is 86.1 g/mol. The van der Waals surface area contributed by atoms with E-state index < -0.39 is 0 Å². The number of hydrogen-bond acceptors (Lipinski definition) is 4. The first kappa shape index (κ1) is 23.4. The van der Waals surface area contributed by atoms with Crippen molar-refractivity contribution in [1.82, 2.24) is 5.23 Å². The predicted octanol–water partition coefficient (Wildman–Crippen LogP) is -10.7. The Kier molecular flexibility index (Phi) is 52.4. The maximum absolute atomic E-state index is 4.50. The molecule has 0 amide bonds. The van der Waals surface area contributed by atoms with E-state index in [-0.39, 0.29) is 60.9 Å². The summed E-state index contributed by atoms with van der Waals surface area (Å²) < 4.78 is 0. The van der Waals surface area contributed by atoms with E-state index in [1.165, 1.54) is 0 Å². The van der Waals surface area contributed by atoms with Crippen molar-refractivity contribution in [3.05, 3.63) is 0 Å². The molecule has 0 bridgehead atoms. The molecule has 0 saturated heterocycles. The predicted molar refractivity (Wildman–Crippen MR) is 17.7 cm³/mol. The molecule has 0 unspecified atom stereocenters. The Morgan fingerprint density at radius 3 is 0.857 bits per heavy atom. The van der Waals surface area contributed by atoms with Crippen molar-refractivity contribution in [2.24, 2.45) is 17.5 Å². The number of hydrazine groups is 3. The van der Waals surface area contributed by atoms with Gasteiger partial charge >= 0.3 is 56.6 Å². The van der Waals surface area contributed by atoms with E-state index in [1.807, 2.05) is 0 Å². The van der Waals surface area contributed by atoms with Crippen LogP contribution in [0.5, 0.6) is 0 Å². The maximum atomic E-state index is 4.50. The Balaban J connectivity index is -0.00000000300. The molecule has 0 radical (unpaired) electrons. The third-order valence-corrected chi connectivity index (χ3v) is 0. The molecule has 0 saturated carbocycles. The smallest absolute Gasteiger partial charge is 1.00 e. The summed E-state index contributed by atoms with van der Waals surface area (Å²) in [5.41, 5.74) is 0. The van der Waals surface area contributed by atoms with Gasteiger partial charge in [0.2, 0.25) is 0 Å².